The third-order valence-electron chi connectivity index (χ3n) is 6.42. The van der Waals surface area contributed by atoms with E-state index in [9.17, 15) is 9.59 Å². The summed E-state index contributed by atoms with van der Waals surface area (Å²) >= 11 is 0. The van der Waals surface area contributed by atoms with Crippen LogP contribution in [0.5, 0.6) is 0 Å². The number of hydrogen-bond donors (Lipinski definition) is 2. The zero-order valence-electron chi connectivity index (χ0n) is 19.9. The molecule has 1 atom stereocenters. The summed E-state index contributed by atoms with van der Waals surface area (Å²) < 4.78 is 7.96. The summed E-state index contributed by atoms with van der Waals surface area (Å²) in [6, 6.07) is 9.78. The molecule has 1 aromatic carbocycles. The molecule has 2 N–H and O–H groups in total. The molecule has 1 aliphatic heterocycles. The van der Waals surface area contributed by atoms with Gasteiger partial charge < -0.3 is 15.1 Å². The van der Waals surface area contributed by atoms with Crippen molar-refractivity contribution in [3.63, 3.8) is 0 Å². The molecule has 1 fully saturated rings. The van der Waals surface area contributed by atoms with Crippen molar-refractivity contribution in [1.82, 2.24) is 25.4 Å². The van der Waals surface area contributed by atoms with Gasteiger partial charge in [0.15, 0.2) is 5.76 Å². The fourth-order valence-corrected chi connectivity index (χ4v) is 4.09. The number of benzene rings is 1. The SMILES string of the molecule is CCC(=O)CCCCCC(NC(=O)C1CNC1)c1ncc(-c2ccc(-c3ccnn3C)cc2)o1. The standard InChI is InChI=1S/C26H33N5O3/c1-3-21(32)7-5-4-6-8-22(30-25(33)20-15-27-16-20)26-28-17-24(34-26)19-11-9-18(10-12-19)23-13-14-29-31(23)2/h9-14,17,20,22,27H,3-8,15-16H2,1-2H3,(H,30,33). The van der Waals surface area contributed by atoms with Crippen LogP contribution in [0.2, 0.25) is 0 Å². The maximum atomic E-state index is 12.6. The number of hydrogen-bond acceptors (Lipinski definition) is 6. The van der Waals surface area contributed by atoms with E-state index in [1.165, 1.54) is 0 Å². The minimum atomic E-state index is -0.280. The molecule has 2 aromatic heterocycles. The van der Waals surface area contributed by atoms with Crippen LogP contribution in [-0.4, -0.2) is 39.5 Å². The van der Waals surface area contributed by atoms with Crippen LogP contribution in [0.15, 0.2) is 47.1 Å². The van der Waals surface area contributed by atoms with E-state index in [0.29, 0.717) is 43.4 Å². The highest BCUT2D eigenvalue weighted by Gasteiger charge is 2.28. The first-order valence-electron chi connectivity index (χ1n) is 12.1. The average Bonchev–Trinajstić information content (AvgIpc) is 3.46. The number of nitrogens with one attached hydrogen (secondary N) is 2. The lowest BCUT2D eigenvalue weighted by atomic mass is 10.0. The number of nitrogens with zero attached hydrogens (tertiary/aromatic N) is 3. The van der Waals surface area contributed by atoms with E-state index >= 15 is 0 Å². The smallest absolute Gasteiger partial charge is 0.226 e. The lowest BCUT2D eigenvalue weighted by molar-refractivity contribution is -0.127. The van der Waals surface area contributed by atoms with Crippen LogP contribution in [0, 0.1) is 5.92 Å². The Morgan fingerprint density at radius 3 is 2.56 bits per heavy atom. The molecule has 1 saturated heterocycles. The van der Waals surface area contributed by atoms with Crippen molar-refractivity contribution in [2.45, 2.75) is 51.5 Å². The molecular formula is C26H33N5O3. The third kappa shape index (κ3) is 5.80. The fraction of sp³-hybridized carbons (Fsp3) is 0.462. The van der Waals surface area contributed by atoms with E-state index in [1.807, 2.05) is 49.0 Å². The number of aromatic nitrogens is 3. The van der Waals surface area contributed by atoms with Crippen molar-refractivity contribution >= 4 is 11.7 Å². The van der Waals surface area contributed by atoms with Gasteiger partial charge in [0.1, 0.15) is 11.8 Å². The number of Topliss-reactive ketones (excluding diaryl/α,β-unsaturated/α-hetero) is 1. The second-order valence-corrected chi connectivity index (χ2v) is 8.89. The summed E-state index contributed by atoms with van der Waals surface area (Å²) in [5.74, 6) is 1.53. The van der Waals surface area contributed by atoms with Crippen molar-refractivity contribution in [2.75, 3.05) is 13.1 Å². The van der Waals surface area contributed by atoms with Gasteiger partial charge in [-0.1, -0.05) is 44.0 Å². The molecular weight excluding hydrogens is 430 g/mol. The lowest BCUT2D eigenvalue weighted by Gasteiger charge is -2.27. The monoisotopic (exact) mass is 463 g/mol. The largest absolute Gasteiger partial charge is 0.438 e. The highest BCUT2D eigenvalue weighted by atomic mass is 16.4. The minimum Gasteiger partial charge on any atom is -0.438 e. The Balaban J connectivity index is 1.42. The number of ketones is 1. The quantitative estimate of drug-likeness (QED) is 0.393. The summed E-state index contributed by atoms with van der Waals surface area (Å²) in [4.78, 5) is 28.7. The third-order valence-corrected chi connectivity index (χ3v) is 6.42. The average molecular weight is 464 g/mol. The molecule has 0 spiro atoms. The molecule has 180 valence electrons. The van der Waals surface area contributed by atoms with E-state index in [0.717, 1.165) is 42.5 Å². The van der Waals surface area contributed by atoms with Gasteiger partial charge in [0.25, 0.3) is 0 Å². The van der Waals surface area contributed by atoms with Crippen molar-refractivity contribution < 1.29 is 14.0 Å². The van der Waals surface area contributed by atoms with Crippen LogP contribution in [0.3, 0.4) is 0 Å². The highest BCUT2D eigenvalue weighted by molar-refractivity contribution is 5.80. The summed E-state index contributed by atoms with van der Waals surface area (Å²) in [6.45, 7) is 3.31. The number of carbonyl (C=O) groups excluding carboxylic acids is 2. The van der Waals surface area contributed by atoms with Gasteiger partial charge in [0.2, 0.25) is 11.8 Å². The normalized spacial score (nSPS) is 14.5. The first-order chi connectivity index (χ1) is 16.5. The second kappa shape index (κ2) is 11.2. The molecule has 3 heterocycles. The predicted octanol–water partition coefficient (Wildman–Crippen LogP) is 4.05. The number of aryl methyl sites for hydroxylation is 1. The van der Waals surface area contributed by atoms with Gasteiger partial charge in [-0.15, -0.1) is 0 Å². The van der Waals surface area contributed by atoms with Gasteiger partial charge >= 0.3 is 0 Å². The summed E-state index contributed by atoms with van der Waals surface area (Å²) in [5.41, 5.74) is 3.04. The van der Waals surface area contributed by atoms with E-state index in [4.69, 9.17) is 4.42 Å². The minimum absolute atomic E-state index is 0.00124. The number of rotatable bonds is 12. The number of amides is 1. The van der Waals surface area contributed by atoms with Gasteiger partial charge in [-0.2, -0.15) is 5.10 Å². The Hall–Kier alpha value is -3.26. The Kier molecular flexibility index (Phi) is 7.90. The molecule has 8 heteroatoms. The molecule has 0 bridgehead atoms. The van der Waals surface area contributed by atoms with Crippen LogP contribution in [-0.2, 0) is 16.6 Å². The van der Waals surface area contributed by atoms with Gasteiger partial charge in [-0.05, 0) is 24.5 Å². The number of unbranched alkanes of at least 4 members (excludes halogenated alkanes) is 2. The van der Waals surface area contributed by atoms with Crippen LogP contribution >= 0.6 is 0 Å². The predicted molar refractivity (Wildman–Crippen MR) is 130 cm³/mol. The molecule has 0 radical (unpaired) electrons. The van der Waals surface area contributed by atoms with Crippen LogP contribution < -0.4 is 10.6 Å². The first-order valence-corrected chi connectivity index (χ1v) is 12.1. The lowest BCUT2D eigenvalue weighted by Crippen LogP contribution is -2.51. The molecule has 4 rings (SSSR count). The van der Waals surface area contributed by atoms with Crippen LogP contribution in [0.4, 0.5) is 0 Å². The highest BCUT2D eigenvalue weighted by Crippen LogP contribution is 2.28. The van der Waals surface area contributed by atoms with E-state index in [2.05, 4.69) is 20.7 Å². The summed E-state index contributed by atoms with van der Waals surface area (Å²) in [5, 5.41) is 10.5. The number of carbonyl (C=O) groups is 2. The maximum absolute atomic E-state index is 12.6. The zero-order chi connectivity index (χ0) is 23.9. The van der Waals surface area contributed by atoms with Crippen LogP contribution in [0.1, 0.15) is 57.4 Å². The second-order valence-electron chi connectivity index (χ2n) is 8.89. The summed E-state index contributed by atoms with van der Waals surface area (Å²) in [6.07, 6.45) is 8.15. The Morgan fingerprint density at radius 2 is 1.91 bits per heavy atom. The Morgan fingerprint density at radius 1 is 1.15 bits per heavy atom. The topological polar surface area (TPSA) is 102 Å². The van der Waals surface area contributed by atoms with Gasteiger partial charge in [-0.3, -0.25) is 14.3 Å². The van der Waals surface area contributed by atoms with E-state index < -0.39 is 0 Å². The molecule has 1 unspecified atom stereocenters. The van der Waals surface area contributed by atoms with E-state index in [1.54, 1.807) is 12.4 Å². The zero-order valence-corrected chi connectivity index (χ0v) is 19.9. The van der Waals surface area contributed by atoms with Gasteiger partial charge in [-0.25, -0.2) is 4.98 Å². The van der Waals surface area contributed by atoms with Crippen molar-refractivity contribution in [1.29, 1.82) is 0 Å². The molecule has 34 heavy (non-hydrogen) atoms. The molecule has 0 saturated carbocycles. The maximum Gasteiger partial charge on any atom is 0.226 e. The van der Waals surface area contributed by atoms with E-state index in [-0.39, 0.29) is 17.9 Å². The fourth-order valence-electron chi connectivity index (χ4n) is 4.09. The molecule has 1 aliphatic rings. The first kappa shape index (κ1) is 23.9. The Bertz CT molecular complexity index is 1100. The van der Waals surface area contributed by atoms with Crippen molar-refractivity contribution in [3.05, 3.63) is 48.6 Å². The molecule has 8 nitrogen and oxygen atoms in total. The summed E-state index contributed by atoms with van der Waals surface area (Å²) in [7, 11) is 1.92. The van der Waals surface area contributed by atoms with Crippen LogP contribution in [0.25, 0.3) is 22.6 Å². The van der Waals surface area contributed by atoms with Crippen molar-refractivity contribution in [2.24, 2.45) is 13.0 Å². The number of oxazole rings is 1. The molecule has 3 aromatic rings. The Labute approximate surface area is 200 Å². The van der Waals surface area contributed by atoms with Gasteiger partial charge in [0, 0.05) is 44.7 Å². The molecule has 0 aliphatic carbocycles. The van der Waals surface area contributed by atoms with Crippen molar-refractivity contribution in [3.8, 4) is 22.6 Å². The van der Waals surface area contributed by atoms with Gasteiger partial charge in [0.05, 0.1) is 17.8 Å². The molecule has 1 amide bonds.